The molecule has 1 atom stereocenters. The predicted octanol–water partition coefficient (Wildman–Crippen LogP) is 3.41. The van der Waals surface area contributed by atoms with E-state index in [0.29, 0.717) is 0 Å². The molecule has 1 N–H and O–H groups in total. The number of ketones is 1. The molecule has 0 saturated heterocycles. The third kappa shape index (κ3) is 2.43. The van der Waals surface area contributed by atoms with Gasteiger partial charge in [0, 0.05) is 5.56 Å². The van der Waals surface area contributed by atoms with Crippen LogP contribution in [0.4, 0.5) is 0 Å². The second kappa shape index (κ2) is 5.11. The Labute approximate surface area is 112 Å². The Morgan fingerprint density at radius 2 is 1.63 bits per heavy atom. The molecule has 1 aliphatic heterocycles. The van der Waals surface area contributed by atoms with Gasteiger partial charge in [-0.25, -0.2) is 0 Å². The first-order valence-corrected chi connectivity index (χ1v) is 6.45. The monoisotopic (exact) mass is 249 g/mol. The summed E-state index contributed by atoms with van der Waals surface area (Å²) in [6.07, 6.45) is 4.61. The first-order valence-electron chi connectivity index (χ1n) is 6.45. The minimum absolute atomic E-state index is 0.0948. The highest BCUT2D eigenvalue weighted by Gasteiger charge is 2.19. The Morgan fingerprint density at radius 3 is 2.26 bits per heavy atom. The normalized spacial score (nSPS) is 17.2. The van der Waals surface area contributed by atoms with Crippen LogP contribution in [0.5, 0.6) is 0 Å². The Hall–Kier alpha value is -2.35. The van der Waals surface area contributed by atoms with E-state index < -0.39 is 0 Å². The lowest BCUT2D eigenvalue weighted by Crippen LogP contribution is -2.29. The van der Waals surface area contributed by atoms with E-state index >= 15 is 0 Å². The van der Waals surface area contributed by atoms with Gasteiger partial charge in [0.1, 0.15) is 0 Å². The van der Waals surface area contributed by atoms with Gasteiger partial charge in [0.25, 0.3) is 0 Å². The Morgan fingerprint density at radius 1 is 0.947 bits per heavy atom. The molecule has 19 heavy (non-hydrogen) atoms. The Kier molecular flexibility index (Phi) is 3.15. The average Bonchev–Trinajstić information content (AvgIpc) is 3.02. The topological polar surface area (TPSA) is 29.1 Å². The van der Waals surface area contributed by atoms with Gasteiger partial charge in [-0.1, -0.05) is 60.7 Å². The van der Waals surface area contributed by atoms with Gasteiger partial charge in [0.05, 0.1) is 6.04 Å². The fraction of sp³-hybridized carbons (Fsp3) is 0.118. The van der Waals surface area contributed by atoms with Crippen molar-refractivity contribution in [1.29, 1.82) is 0 Å². The molecule has 0 aromatic heterocycles. The maximum absolute atomic E-state index is 12.2. The third-order valence-corrected chi connectivity index (χ3v) is 3.38. The second-order valence-corrected chi connectivity index (χ2v) is 4.66. The maximum Gasteiger partial charge on any atom is 0.185 e. The molecule has 0 saturated carbocycles. The summed E-state index contributed by atoms with van der Waals surface area (Å²) in [5.41, 5.74) is 3.07. The Bertz CT molecular complexity index is 591. The first-order chi connectivity index (χ1) is 9.34. The largest absolute Gasteiger partial charge is 0.381 e. The lowest BCUT2D eigenvalue weighted by Gasteiger charge is -2.10. The molecule has 2 aromatic carbocycles. The molecule has 0 fully saturated rings. The van der Waals surface area contributed by atoms with Crippen molar-refractivity contribution >= 4 is 5.78 Å². The van der Waals surface area contributed by atoms with Crippen molar-refractivity contribution in [3.05, 3.63) is 72.4 Å². The third-order valence-electron chi connectivity index (χ3n) is 3.38. The number of rotatable bonds is 3. The number of hydrogen-bond donors (Lipinski definition) is 1. The van der Waals surface area contributed by atoms with Gasteiger partial charge in [-0.3, -0.25) is 4.79 Å². The molecule has 3 rings (SSSR count). The van der Waals surface area contributed by atoms with E-state index in [9.17, 15) is 4.79 Å². The highest BCUT2D eigenvalue weighted by molar-refractivity contribution is 6.00. The van der Waals surface area contributed by atoms with Gasteiger partial charge >= 0.3 is 0 Å². The van der Waals surface area contributed by atoms with E-state index in [1.807, 2.05) is 54.7 Å². The molecular formula is C17H15NO. The van der Waals surface area contributed by atoms with E-state index in [1.165, 1.54) is 5.56 Å². The molecular weight excluding hydrogens is 234 g/mol. The van der Waals surface area contributed by atoms with Crippen molar-refractivity contribution < 1.29 is 4.79 Å². The highest BCUT2D eigenvalue weighted by atomic mass is 16.1. The van der Waals surface area contributed by atoms with Crippen LogP contribution in [0, 0.1) is 0 Å². The molecule has 1 aliphatic rings. The van der Waals surface area contributed by atoms with E-state index in [0.717, 1.165) is 17.5 Å². The van der Waals surface area contributed by atoms with Crippen molar-refractivity contribution in [2.24, 2.45) is 0 Å². The molecule has 2 heteroatoms. The van der Waals surface area contributed by atoms with Crippen LogP contribution in [0.25, 0.3) is 11.1 Å². The minimum atomic E-state index is -0.0948. The Balaban J connectivity index is 1.81. The van der Waals surface area contributed by atoms with Crippen molar-refractivity contribution in [2.75, 3.05) is 0 Å². The maximum atomic E-state index is 12.2. The summed E-state index contributed by atoms with van der Waals surface area (Å²) in [7, 11) is 0. The second-order valence-electron chi connectivity index (χ2n) is 4.66. The molecule has 1 heterocycles. The molecule has 0 spiro atoms. The first kappa shape index (κ1) is 11.7. The smallest absolute Gasteiger partial charge is 0.185 e. The molecule has 0 bridgehead atoms. The predicted molar refractivity (Wildman–Crippen MR) is 76.9 cm³/mol. The zero-order chi connectivity index (χ0) is 13.1. The van der Waals surface area contributed by atoms with Gasteiger partial charge < -0.3 is 5.32 Å². The van der Waals surface area contributed by atoms with Gasteiger partial charge in [0.15, 0.2) is 5.78 Å². The number of benzene rings is 2. The van der Waals surface area contributed by atoms with Crippen LogP contribution < -0.4 is 5.32 Å². The van der Waals surface area contributed by atoms with Crippen LogP contribution in [0.2, 0.25) is 0 Å². The lowest BCUT2D eigenvalue weighted by molar-refractivity contribution is 0.0954. The molecule has 1 unspecified atom stereocenters. The summed E-state index contributed by atoms with van der Waals surface area (Å²) in [6.45, 7) is 0. The number of carbonyl (C=O) groups excluding carboxylic acids is 1. The number of carbonyl (C=O) groups is 1. The van der Waals surface area contributed by atoms with E-state index in [1.54, 1.807) is 0 Å². The zero-order valence-corrected chi connectivity index (χ0v) is 10.5. The van der Waals surface area contributed by atoms with Crippen molar-refractivity contribution in [3.8, 4) is 11.1 Å². The zero-order valence-electron chi connectivity index (χ0n) is 10.5. The van der Waals surface area contributed by atoms with Gasteiger partial charge in [-0.05, 0) is 23.7 Å². The minimum Gasteiger partial charge on any atom is -0.381 e. The molecule has 0 aliphatic carbocycles. The fourth-order valence-electron chi connectivity index (χ4n) is 2.30. The van der Waals surface area contributed by atoms with Crippen molar-refractivity contribution in [1.82, 2.24) is 5.32 Å². The van der Waals surface area contributed by atoms with Crippen LogP contribution in [0.15, 0.2) is 66.9 Å². The SMILES string of the molecule is O=C(c1ccc(-c2ccccc2)cc1)C1CC=CN1. The quantitative estimate of drug-likeness (QED) is 0.844. The van der Waals surface area contributed by atoms with E-state index in [2.05, 4.69) is 17.4 Å². The summed E-state index contributed by atoms with van der Waals surface area (Å²) < 4.78 is 0. The summed E-state index contributed by atoms with van der Waals surface area (Å²) in [5.74, 6) is 0.157. The molecule has 2 nitrogen and oxygen atoms in total. The van der Waals surface area contributed by atoms with Crippen molar-refractivity contribution in [3.63, 3.8) is 0 Å². The van der Waals surface area contributed by atoms with Gasteiger partial charge in [-0.15, -0.1) is 0 Å². The number of hydrogen-bond acceptors (Lipinski definition) is 2. The van der Waals surface area contributed by atoms with Crippen LogP contribution in [0.3, 0.4) is 0 Å². The van der Waals surface area contributed by atoms with Gasteiger partial charge in [0.2, 0.25) is 0 Å². The van der Waals surface area contributed by atoms with E-state index in [-0.39, 0.29) is 11.8 Å². The van der Waals surface area contributed by atoms with Crippen LogP contribution in [-0.4, -0.2) is 11.8 Å². The highest BCUT2D eigenvalue weighted by Crippen LogP contribution is 2.20. The summed E-state index contributed by atoms with van der Waals surface area (Å²) in [6, 6.07) is 17.9. The van der Waals surface area contributed by atoms with Crippen molar-refractivity contribution in [2.45, 2.75) is 12.5 Å². The standard InChI is InChI=1S/C17H15NO/c19-17(16-7-4-12-18-16)15-10-8-14(9-11-15)13-5-2-1-3-6-13/h1-6,8-12,16,18H,7H2. The summed E-state index contributed by atoms with van der Waals surface area (Å²) >= 11 is 0. The van der Waals surface area contributed by atoms with Crippen LogP contribution in [-0.2, 0) is 0 Å². The summed E-state index contributed by atoms with van der Waals surface area (Å²) in [5, 5.41) is 3.07. The fourth-order valence-corrected chi connectivity index (χ4v) is 2.30. The molecule has 0 radical (unpaired) electrons. The van der Waals surface area contributed by atoms with Crippen LogP contribution in [0.1, 0.15) is 16.8 Å². The molecule has 0 amide bonds. The molecule has 2 aromatic rings. The number of Topliss-reactive ketones (excluding diaryl/α,β-unsaturated/α-hetero) is 1. The van der Waals surface area contributed by atoms with E-state index in [4.69, 9.17) is 0 Å². The average molecular weight is 249 g/mol. The summed E-state index contributed by atoms with van der Waals surface area (Å²) in [4.78, 5) is 12.2. The van der Waals surface area contributed by atoms with Gasteiger partial charge in [-0.2, -0.15) is 0 Å². The molecule has 94 valence electrons. The number of nitrogens with one attached hydrogen (secondary N) is 1. The van der Waals surface area contributed by atoms with Crippen LogP contribution >= 0.6 is 0 Å². The lowest BCUT2D eigenvalue weighted by atomic mass is 9.99.